The van der Waals surface area contributed by atoms with Crippen molar-refractivity contribution >= 4 is 0 Å². The second kappa shape index (κ2) is 7.76. The van der Waals surface area contributed by atoms with Gasteiger partial charge in [-0.2, -0.15) is 5.10 Å². The number of halogens is 2. The van der Waals surface area contributed by atoms with Crippen molar-refractivity contribution in [3.8, 4) is 5.69 Å². The highest BCUT2D eigenvalue weighted by molar-refractivity contribution is 5.38. The summed E-state index contributed by atoms with van der Waals surface area (Å²) in [5.41, 5.74) is 4.76. The van der Waals surface area contributed by atoms with Gasteiger partial charge in [-0.25, -0.2) is 13.5 Å². The molecule has 0 aliphatic heterocycles. The van der Waals surface area contributed by atoms with E-state index in [0.29, 0.717) is 13.1 Å². The number of benzene rings is 2. The van der Waals surface area contributed by atoms with E-state index in [0.717, 1.165) is 34.1 Å². The molecule has 3 rings (SSSR count). The van der Waals surface area contributed by atoms with Crippen LogP contribution in [-0.4, -0.2) is 14.9 Å². The van der Waals surface area contributed by atoms with Gasteiger partial charge < -0.3 is 10.4 Å². The summed E-state index contributed by atoms with van der Waals surface area (Å²) in [6.45, 7) is 4.97. The molecule has 0 unspecified atom stereocenters. The molecular weight excluding hydrogens is 336 g/mol. The number of nitrogens with zero attached hydrogens (tertiary/aromatic N) is 2. The molecule has 136 valence electrons. The lowest BCUT2D eigenvalue weighted by atomic mass is 10.1. The van der Waals surface area contributed by atoms with Crippen LogP contribution in [0.4, 0.5) is 8.78 Å². The second-order valence-electron chi connectivity index (χ2n) is 6.24. The Kier molecular flexibility index (Phi) is 5.44. The predicted molar refractivity (Wildman–Crippen MR) is 95.9 cm³/mol. The van der Waals surface area contributed by atoms with Gasteiger partial charge in [-0.1, -0.05) is 24.3 Å². The summed E-state index contributed by atoms with van der Waals surface area (Å²) in [7, 11) is 0. The normalized spacial score (nSPS) is 11.1. The average molecular weight is 357 g/mol. The van der Waals surface area contributed by atoms with Crippen molar-refractivity contribution in [2.75, 3.05) is 0 Å². The Morgan fingerprint density at radius 2 is 1.81 bits per heavy atom. The van der Waals surface area contributed by atoms with Gasteiger partial charge in [-0.3, -0.25) is 0 Å². The van der Waals surface area contributed by atoms with E-state index in [1.807, 2.05) is 38.1 Å². The van der Waals surface area contributed by atoms with Crippen molar-refractivity contribution in [3.05, 3.63) is 82.2 Å². The maximum Gasteiger partial charge on any atom is 0.151 e. The zero-order valence-corrected chi connectivity index (χ0v) is 14.8. The summed E-state index contributed by atoms with van der Waals surface area (Å²) in [6, 6.07) is 11.2. The van der Waals surface area contributed by atoms with Crippen molar-refractivity contribution in [2.45, 2.75) is 33.5 Å². The van der Waals surface area contributed by atoms with Crippen molar-refractivity contribution in [3.63, 3.8) is 0 Å². The van der Waals surface area contributed by atoms with Crippen LogP contribution in [0.15, 0.2) is 42.5 Å². The van der Waals surface area contributed by atoms with Crippen LogP contribution in [0.3, 0.4) is 0 Å². The molecule has 0 bridgehead atoms. The summed E-state index contributed by atoms with van der Waals surface area (Å²) in [6.07, 6.45) is 0. The lowest BCUT2D eigenvalue weighted by Crippen LogP contribution is -2.14. The third-order valence-corrected chi connectivity index (χ3v) is 4.38. The van der Waals surface area contributed by atoms with Crippen molar-refractivity contribution in [2.24, 2.45) is 0 Å². The molecule has 2 aromatic carbocycles. The van der Waals surface area contributed by atoms with Gasteiger partial charge in [0, 0.05) is 30.4 Å². The molecule has 26 heavy (non-hydrogen) atoms. The van der Waals surface area contributed by atoms with Crippen LogP contribution in [0, 0.1) is 25.5 Å². The third kappa shape index (κ3) is 3.81. The summed E-state index contributed by atoms with van der Waals surface area (Å²) in [5, 5.41) is 17.0. The van der Waals surface area contributed by atoms with Gasteiger partial charge in [0.2, 0.25) is 0 Å². The van der Waals surface area contributed by atoms with Crippen LogP contribution in [0.25, 0.3) is 5.69 Å². The van der Waals surface area contributed by atoms with Crippen molar-refractivity contribution in [1.82, 2.24) is 15.1 Å². The van der Waals surface area contributed by atoms with Gasteiger partial charge in [-0.15, -0.1) is 0 Å². The van der Waals surface area contributed by atoms with Crippen molar-refractivity contribution < 1.29 is 13.9 Å². The molecule has 1 heterocycles. The zero-order valence-electron chi connectivity index (χ0n) is 14.8. The fraction of sp³-hybridized carbons (Fsp3) is 0.250. The Morgan fingerprint density at radius 3 is 2.54 bits per heavy atom. The van der Waals surface area contributed by atoms with Crippen LogP contribution < -0.4 is 5.32 Å². The lowest BCUT2D eigenvalue weighted by molar-refractivity contribution is 0.281. The summed E-state index contributed by atoms with van der Waals surface area (Å²) < 4.78 is 28.7. The van der Waals surface area contributed by atoms with E-state index in [1.54, 1.807) is 0 Å². The van der Waals surface area contributed by atoms with Crippen LogP contribution in [-0.2, 0) is 19.7 Å². The van der Waals surface area contributed by atoms with E-state index in [-0.39, 0.29) is 12.3 Å². The smallest absolute Gasteiger partial charge is 0.151 e. The van der Waals surface area contributed by atoms with E-state index in [9.17, 15) is 13.9 Å². The first-order valence-corrected chi connectivity index (χ1v) is 8.39. The van der Waals surface area contributed by atoms with Crippen LogP contribution in [0.2, 0.25) is 0 Å². The lowest BCUT2D eigenvalue weighted by Gasteiger charge is -2.08. The second-order valence-corrected chi connectivity index (χ2v) is 6.24. The standard InChI is InChI=1S/C20H21F2N3O/c1-13-18(11-23-10-15-4-3-5-16(8-15)12-26)14(2)25(24-13)20-7-6-17(21)9-19(20)22/h3-9,23,26H,10-12H2,1-2H3. The topological polar surface area (TPSA) is 50.1 Å². The van der Waals surface area contributed by atoms with E-state index >= 15 is 0 Å². The van der Waals surface area contributed by atoms with Gasteiger partial charge in [0.15, 0.2) is 5.82 Å². The highest BCUT2D eigenvalue weighted by atomic mass is 19.1. The van der Waals surface area contributed by atoms with E-state index < -0.39 is 11.6 Å². The molecule has 0 spiro atoms. The first-order chi connectivity index (χ1) is 12.5. The molecule has 0 aliphatic carbocycles. The minimum atomic E-state index is -0.643. The van der Waals surface area contributed by atoms with E-state index in [4.69, 9.17) is 0 Å². The predicted octanol–water partition coefficient (Wildman–Crippen LogP) is 3.55. The first kappa shape index (κ1) is 18.2. The number of aliphatic hydroxyl groups is 1. The Balaban J connectivity index is 1.75. The maximum absolute atomic E-state index is 14.1. The fourth-order valence-electron chi connectivity index (χ4n) is 2.99. The summed E-state index contributed by atoms with van der Waals surface area (Å²) in [4.78, 5) is 0. The minimum Gasteiger partial charge on any atom is -0.392 e. The Labute approximate surface area is 151 Å². The average Bonchev–Trinajstić information content (AvgIpc) is 2.90. The Bertz CT molecular complexity index is 921. The first-order valence-electron chi connectivity index (χ1n) is 8.39. The van der Waals surface area contributed by atoms with Crippen LogP contribution >= 0.6 is 0 Å². The number of aryl methyl sites for hydroxylation is 1. The Morgan fingerprint density at radius 1 is 1.04 bits per heavy atom. The highest BCUT2D eigenvalue weighted by Crippen LogP contribution is 2.21. The fourth-order valence-corrected chi connectivity index (χ4v) is 2.99. The molecule has 0 amide bonds. The van der Waals surface area contributed by atoms with E-state index in [2.05, 4.69) is 10.4 Å². The van der Waals surface area contributed by atoms with E-state index in [1.165, 1.54) is 16.8 Å². The molecule has 3 aromatic rings. The number of aliphatic hydroxyl groups excluding tert-OH is 1. The summed E-state index contributed by atoms with van der Waals surface area (Å²) >= 11 is 0. The largest absolute Gasteiger partial charge is 0.392 e. The molecule has 1 aromatic heterocycles. The SMILES string of the molecule is Cc1nn(-c2ccc(F)cc2F)c(C)c1CNCc1cccc(CO)c1. The molecule has 4 nitrogen and oxygen atoms in total. The molecule has 0 fully saturated rings. The zero-order chi connectivity index (χ0) is 18.7. The minimum absolute atomic E-state index is 0.0159. The number of hydrogen-bond donors (Lipinski definition) is 2. The molecule has 0 atom stereocenters. The van der Waals surface area contributed by atoms with Gasteiger partial charge in [-0.05, 0) is 37.1 Å². The molecule has 0 aliphatic rings. The number of rotatable bonds is 6. The van der Waals surface area contributed by atoms with Crippen LogP contribution in [0.5, 0.6) is 0 Å². The number of aromatic nitrogens is 2. The quantitative estimate of drug-likeness (QED) is 0.709. The van der Waals surface area contributed by atoms with Gasteiger partial charge >= 0.3 is 0 Å². The van der Waals surface area contributed by atoms with Crippen LogP contribution in [0.1, 0.15) is 28.1 Å². The highest BCUT2D eigenvalue weighted by Gasteiger charge is 2.15. The number of hydrogen-bond acceptors (Lipinski definition) is 3. The Hall–Kier alpha value is -2.57. The molecule has 2 N–H and O–H groups in total. The third-order valence-electron chi connectivity index (χ3n) is 4.38. The monoisotopic (exact) mass is 357 g/mol. The molecule has 6 heteroatoms. The molecular formula is C20H21F2N3O. The van der Waals surface area contributed by atoms with Gasteiger partial charge in [0.1, 0.15) is 11.5 Å². The van der Waals surface area contributed by atoms with Gasteiger partial charge in [0.25, 0.3) is 0 Å². The number of nitrogens with one attached hydrogen (secondary N) is 1. The van der Waals surface area contributed by atoms with Gasteiger partial charge in [0.05, 0.1) is 12.3 Å². The van der Waals surface area contributed by atoms with Crippen molar-refractivity contribution in [1.29, 1.82) is 0 Å². The maximum atomic E-state index is 14.1. The molecule has 0 saturated heterocycles. The molecule has 0 saturated carbocycles. The summed E-state index contributed by atoms with van der Waals surface area (Å²) in [5.74, 6) is -1.25. The molecule has 0 radical (unpaired) electrons.